The number of carbonyl (C=O) groups is 1. The predicted octanol–water partition coefficient (Wildman–Crippen LogP) is 2.89. The van der Waals surface area contributed by atoms with E-state index in [9.17, 15) is 4.79 Å². The van der Waals surface area contributed by atoms with Crippen LogP contribution in [0.15, 0.2) is 46.9 Å². The molecule has 1 aliphatic heterocycles. The van der Waals surface area contributed by atoms with Crippen LogP contribution in [-0.4, -0.2) is 11.7 Å². The molecule has 0 bridgehead atoms. The summed E-state index contributed by atoms with van der Waals surface area (Å²) in [5.74, 6) is 0. The van der Waals surface area contributed by atoms with E-state index >= 15 is 0 Å². The third-order valence-corrected chi connectivity index (χ3v) is 3.29. The Hall–Kier alpha value is -2.34. The lowest BCUT2D eigenvalue weighted by Crippen LogP contribution is -2.31. The van der Waals surface area contributed by atoms with E-state index in [1.54, 1.807) is 45.0 Å². The molecule has 23 heavy (non-hydrogen) atoms. The van der Waals surface area contributed by atoms with Crippen molar-refractivity contribution in [2.45, 2.75) is 32.4 Å². The molecule has 1 aliphatic rings. The summed E-state index contributed by atoms with van der Waals surface area (Å²) in [6.45, 7) is 5.41. The molecule has 1 aromatic carbocycles. The normalized spacial score (nSPS) is 18.1. The molecule has 124 valence electrons. The van der Waals surface area contributed by atoms with E-state index in [4.69, 9.17) is 27.8 Å². The van der Waals surface area contributed by atoms with Gasteiger partial charge in [-0.1, -0.05) is 23.7 Å². The van der Waals surface area contributed by atoms with Crippen LogP contribution >= 0.6 is 11.6 Å². The number of dihydropyridines is 1. The molecular weight excluding hydrogens is 316 g/mol. The topological polar surface area (TPSA) is 102 Å². The Morgan fingerprint density at radius 1 is 1.35 bits per heavy atom. The standard InChI is InChI=1S/C16H21ClN4O2/c1-16(2,3)23-15(22)20-10-6-4-5-9(7-10)14-13(19)11(18)8-12(17)21-14/h4-8,14,21H,18-19H2,1-3H3,(H,20,22). The number of anilines is 1. The first-order chi connectivity index (χ1) is 10.7. The van der Waals surface area contributed by atoms with Crippen molar-refractivity contribution in [1.29, 1.82) is 0 Å². The Kier molecular flexibility index (Phi) is 4.75. The lowest BCUT2D eigenvalue weighted by atomic mass is 10.0. The smallest absolute Gasteiger partial charge is 0.412 e. The number of allylic oxidation sites excluding steroid dienone is 1. The minimum Gasteiger partial charge on any atom is -0.444 e. The highest BCUT2D eigenvalue weighted by Gasteiger charge is 2.22. The van der Waals surface area contributed by atoms with Gasteiger partial charge in [-0.05, 0) is 44.5 Å². The fraction of sp³-hybridized carbons (Fsp3) is 0.312. The summed E-state index contributed by atoms with van der Waals surface area (Å²) in [7, 11) is 0. The molecule has 1 heterocycles. The molecule has 0 radical (unpaired) electrons. The van der Waals surface area contributed by atoms with Crippen molar-refractivity contribution in [2.24, 2.45) is 11.5 Å². The molecule has 1 amide bonds. The second-order valence-corrected chi connectivity index (χ2v) is 6.64. The molecular formula is C16H21ClN4O2. The second-order valence-electron chi connectivity index (χ2n) is 6.23. The van der Waals surface area contributed by atoms with E-state index in [0.717, 1.165) is 5.56 Å². The SMILES string of the molecule is CC(C)(C)OC(=O)Nc1cccc(C2NC(Cl)=CC(N)=C2N)c1. The molecule has 1 atom stereocenters. The quantitative estimate of drug-likeness (QED) is 0.622. The van der Waals surface area contributed by atoms with Crippen molar-refractivity contribution in [3.8, 4) is 0 Å². The van der Waals surface area contributed by atoms with Gasteiger partial charge >= 0.3 is 6.09 Å². The zero-order valence-corrected chi connectivity index (χ0v) is 14.1. The zero-order valence-electron chi connectivity index (χ0n) is 13.3. The van der Waals surface area contributed by atoms with Crippen molar-refractivity contribution < 1.29 is 9.53 Å². The first-order valence-corrected chi connectivity index (χ1v) is 7.52. The van der Waals surface area contributed by atoms with E-state index in [1.165, 1.54) is 0 Å². The van der Waals surface area contributed by atoms with E-state index in [-0.39, 0.29) is 6.04 Å². The van der Waals surface area contributed by atoms with Crippen LogP contribution in [0.3, 0.4) is 0 Å². The van der Waals surface area contributed by atoms with Crippen molar-refractivity contribution in [2.75, 3.05) is 5.32 Å². The fourth-order valence-corrected chi connectivity index (χ4v) is 2.35. The molecule has 6 nitrogen and oxygen atoms in total. The average molecular weight is 337 g/mol. The highest BCUT2D eigenvalue weighted by atomic mass is 35.5. The third-order valence-electron chi connectivity index (χ3n) is 3.07. The van der Waals surface area contributed by atoms with Crippen LogP contribution in [0.2, 0.25) is 0 Å². The summed E-state index contributed by atoms with van der Waals surface area (Å²) in [5.41, 5.74) is 13.6. The molecule has 0 aliphatic carbocycles. The summed E-state index contributed by atoms with van der Waals surface area (Å²) in [5, 5.41) is 6.15. The maximum Gasteiger partial charge on any atom is 0.412 e. The highest BCUT2D eigenvalue weighted by Crippen LogP contribution is 2.28. The molecule has 1 unspecified atom stereocenters. The third kappa shape index (κ3) is 4.56. The lowest BCUT2D eigenvalue weighted by Gasteiger charge is -2.25. The maximum atomic E-state index is 11.9. The van der Waals surface area contributed by atoms with Crippen molar-refractivity contribution in [3.63, 3.8) is 0 Å². The van der Waals surface area contributed by atoms with Crippen molar-refractivity contribution in [1.82, 2.24) is 5.32 Å². The number of carbonyl (C=O) groups excluding carboxylic acids is 1. The molecule has 7 heteroatoms. The van der Waals surface area contributed by atoms with Gasteiger partial charge in [0.05, 0.1) is 17.4 Å². The molecule has 6 N–H and O–H groups in total. The molecule has 0 fully saturated rings. The lowest BCUT2D eigenvalue weighted by molar-refractivity contribution is 0.0636. The number of rotatable bonds is 2. The van der Waals surface area contributed by atoms with Crippen molar-refractivity contribution in [3.05, 3.63) is 52.5 Å². The first kappa shape index (κ1) is 17.0. The minimum atomic E-state index is -0.563. The van der Waals surface area contributed by atoms with Gasteiger partial charge in [0.2, 0.25) is 0 Å². The fourth-order valence-electron chi connectivity index (χ4n) is 2.12. The summed E-state index contributed by atoms with van der Waals surface area (Å²) >= 11 is 6.01. The Bertz CT molecular complexity index is 677. The van der Waals surface area contributed by atoms with Crippen LogP contribution in [0.1, 0.15) is 32.4 Å². The highest BCUT2D eigenvalue weighted by molar-refractivity contribution is 6.29. The molecule has 0 saturated heterocycles. The van der Waals surface area contributed by atoms with Crippen LogP contribution in [-0.2, 0) is 4.74 Å². The Morgan fingerprint density at radius 2 is 2.04 bits per heavy atom. The molecule has 1 aromatic rings. The minimum absolute atomic E-state index is 0.354. The van der Waals surface area contributed by atoms with E-state index in [1.807, 2.05) is 6.07 Å². The van der Waals surface area contributed by atoms with Gasteiger partial charge in [-0.2, -0.15) is 0 Å². The summed E-state index contributed by atoms with van der Waals surface area (Å²) in [6, 6.07) is 6.87. The zero-order chi connectivity index (χ0) is 17.2. The van der Waals surface area contributed by atoms with Crippen LogP contribution in [0, 0.1) is 0 Å². The summed E-state index contributed by atoms with van der Waals surface area (Å²) in [6.07, 6.45) is 1.04. The van der Waals surface area contributed by atoms with Gasteiger partial charge in [-0.15, -0.1) is 0 Å². The first-order valence-electron chi connectivity index (χ1n) is 7.14. The number of hydrogen-bond donors (Lipinski definition) is 4. The average Bonchev–Trinajstić information content (AvgIpc) is 2.41. The van der Waals surface area contributed by atoms with Gasteiger partial charge in [-0.3, -0.25) is 5.32 Å². The molecule has 0 aromatic heterocycles. The van der Waals surface area contributed by atoms with Gasteiger partial charge in [0.25, 0.3) is 0 Å². The van der Waals surface area contributed by atoms with Crippen LogP contribution in [0.5, 0.6) is 0 Å². The van der Waals surface area contributed by atoms with Gasteiger partial charge in [0, 0.05) is 5.69 Å². The van der Waals surface area contributed by atoms with Gasteiger partial charge in [0.1, 0.15) is 10.8 Å². The monoisotopic (exact) mass is 336 g/mol. The number of hydrogen-bond acceptors (Lipinski definition) is 5. The van der Waals surface area contributed by atoms with E-state index < -0.39 is 11.7 Å². The van der Waals surface area contributed by atoms with Crippen LogP contribution in [0.25, 0.3) is 0 Å². The molecule has 0 spiro atoms. The van der Waals surface area contributed by atoms with Gasteiger partial charge in [0.15, 0.2) is 0 Å². The van der Waals surface area contributed by atoms with Gasteiger partial charge in [-0.25, -0.2) is 4.79 Å². The van der Waals surface area contributed by atoms with E-state index in [2.05, 4.69) is 10.6 Å². The number of ether oxygens (including phenoxy) is 1. The Balaban J connectivity index is 2.18. The largest absolute Gasteiger partial charge is 0.444 e. The van der Waals surface area contributed by atoms with Gasteiger partial charge < -0.3 is 21.5 Å². The number of halogens is 1. The van der Waals surface area contributed by atoms with Crippen LogP contribution < -0.4 is 22.1 Å². The van der Waals surface area contributed by atoms with Crippen molar-refractivity contribution >= 4 is 23.4 Å². The number of amides is 1. The Labute approximate surface area is 140 Å². The maximum absolute atomic E-state index is 11.9. The Morgan fingerprint density at radius 3 is 2.70 bits per heavy atom. The summed E-state index contributed by atoms with van der Waals surface area (Å²) in [4.78, 5) is 11.9. The predicted molar refractivity (Wildman–Crippen MR) is 91.5 cm³/mol. The van der Waals surface area contributed by atoms with E-state index in [0.29, 0.717) is 22.2 Å². The molecule has 2 rings (SSSR count). The second kappa shape index (κ2) is 6.42. The molecule has 0 saturated carbocycles. The number of nitrogens with two attached hydrogens (primary N) is 2. The van der Waals surface area contributed by atoms with Crippen LogP contribution in [0.4, 0.5) is 10.5 Å². The summed E-state index contributed by atoms with van der Waals surface area (Å²) < 4.78 is 5.23. The number of benzene rings is 1. The number of nitrogens with one attached hydrogen (secondary N) is 2.